The number of aryl methyl sites for hydroxylation is 8. The van der Waals surface area contributed by atoms with E-state index in [1.165, 1.54) is 77.7 Å². The molecular formula is C58H47N5Pt. The fourth-order valence-corrected chi connectivity index (χ4v) is 11.0. The summed E-state index contributed by atoms with van der Waals surface area (Å²) in [6.07, 6.45) is 1.89. The van der Waals surface area contributed by atoms with E-state index < -0.39 is 0 Å². The first-order valence-corrected chi connectivity index (χ1v) is 22.0. The van der Waals surface area contributed by atoms with Crippen molar-refractivity contribution in [3.63, 3.8) is 0 Å². The molecule has 2 aliphatic rings. The molecule has 0 spiro atoms. The van der Waals surface area contributed by atoms with Gasteiger partial charge in [0, 0.05) is 28.2 Å². The van der Waals surface area contributed by atoms with E-state index in [4.69, 9.17) is 9.98 Å². The number of fused-ring (bicyclic) bond motifs is 12. The molecule has 1 aliphatic heterocycles. The summed E-state index contributed by atoms with van der Waals surface area (Å²) in [5, 5.41) is 4.66. The van der Waals surface area contributed by atoms with Crippen LogP contribution in [0.1, 0.15) is 73.3 Å². The molecule has 314 valence electrons. The van der Waals surface area contributed by atoms with Crippen LogP contribution in [0.25, 0.3) is 66.2 Å². The maximum absolute atomic E-state index is 5.83. The molecule has 0 saturated heterocycles. The number of aliphatic imine (C=N–C) groups is 1. The monoisotopic (exact) mass is 1010 g/mol. The fraction of sp³-hybridized carbons (Fsp3) is 0.172. The molecule has 2 atom stereocenters. The Morgan fingerprint density at radius 2 is 1.11 bits per heavy atom. The number of anilines is 1. The summed E-state index contributed by atoms with van der Waals surface area (Å²) in [5.74, 6) is 0.942. The van der Waals surface area contributed by atoms with Gasteiger partial charge >= 0.3 is 21.1 Å². The van der Waals surface area contributed by atoms with Gasteiger partial charge in [-0.25, -0.2) is 4.98 Å². The number of amidine groups is 1. The minimum Gasteiger partial charge on any atom is -0.356 e. The Bertz CT molecular complexity index is 3620. The van der Waals surface area contributed by atoms with Crippen LogP contribution in [0.15, 0.2) is 133 Å². The quantitative estimate of drug-likeness (QED) is 0.165. The SMILES string of the molecule is Cc1cc(C2=N[C@@H]3c4ccc(C)cc4-c4cc(C)ccc4[C@@H]3N2c2c(C)cc(C)cc2C)[c-]c(-n2c3[c-]c(-n4c5ccc(C)cc5c5cccnc54)ccc3c3cc(C)ccc32)c1.[Pt+2]. The van der Waals surface area contributed by atoms with Crippen molar-refractivity contribution >= 4 is 55.3 Å². The first kappa shape index (κ1) is 40.2. The molecule has 4 heterocycles. The van der Waals surface area contributed by atoms with Crippen molar-refractivity contribution in [2.24, 2.45) is 4.99 Å². The van der Waals surface area contributed by atoms with Crippen LogP contribution in [0.2, 0.25) is 0 Å². The molecule has 0 radical (unpaired) electrons. The normalized spacial score (nSPS) is 15.4. The Balaban J connectivity index is 0.00000456. The van der Waals surface area contributed by atoms with Gasteiger partial charge in [0.1, 0.15) is 5.65 Å². The largest absolute Gasteiger partial charge is 2.00 e. The fourth-order valence-electron chi connectivity index (χ4n) is 11.0. The van der Waals surface area contributed by atoms with Gasteiger partial charge < -0.3 is 19.0 Å². The van der Waals surface area contributed by atoms with Gasteiger partial charge in [-0.1, -0.05) is 113 Å². The van der Waals surface area contributed by atoms with Crippen LogP contribution in [-0.4, -0.2) is 20.0 Å². The standard InChI is InChI=1S/C58H47N5.Pt/c1-32-11-16-44-47(26-32)48-27-33(2)12-17-45(48)56-54(44)60-57(63(56)55-38(7)22-36(5)23-39(55)8)40-24-37(6)25-42(30-40)61-51-19-13-34(3)28-49(51)43-18-15-41(31-53(43)61)62-52-20-14-35(4)29-50(52)46-10-9-21-59-58(46)62;/h9-29,54,56H,1-8H3;/q-2;+2/t54-,56+;/m1./s1. The third kappa shape index (κ3) is 6.01. The van der Waals surface area contributed by atoms with Crippen molar-refractivity contribution in [1.29, 1.82) is 0 Å². The number of hydrogen-bond donors (Lipinski definition) is 0. The Morgan fingerprint density at radius 1 is 0.500 bits per heavy atom. The van der Waals surface area contributed by atoms with Gasteiger partial charge in [-0.3, -0.25) is 0 Å². The van der Waals surface area contributed by atoms with Crippen LogP contribution in [0.4, 0.5) is 5.69 Å². The molecule has 1 aliphatic carbocycles. The van der Waals surface area contributed by atoms with Crippen LogP contribution in [0.5, 0.6) is 0 Å². The predicted molar refractivity (Wildman–Crippen MR) is 261 cm³/mol. The van der Waals surface area contributed by atoms with E-state index in [-0.39, 0.29) is 33.1 Å². The second kappa shape index (κ2) is 14.8. The van der Waals surface area contributed by atoms with Crippen LogP contribution < -0.4 is 4.90 Å². The molecular weight excluding hydrogens is 962 g/mol. The Labute approximate surface area is 389 Å². The molecule has 3 aromatic heterocycles. The molecule has 0 bridgehead atoms. The zero-order valence-electron chi connectivity index (χ0n) is 37.3. The van der Waals surface area contributed by atoms with Gasteiger partial charge in [-0.2, -0.15) is 6.07 Å². The first-order chi connectivity index (χ1) is 30.5. The Morgan fingerprint density at radius 3 is 1.83 bits per heavy atom. The summed E-state index contributed by atoms with van der Waals surface area (Å²) >= 11 is 0. The molecule has 0 amide bonds. The minimum absolute atomic E-state index is 0. The van der Waals surface area contributed by atoms with E-state index in [1.807, 2.05) is 12.3 Å². The van der Waals surface area contributed by atoms with Gasteiger partial charge in [0.25, 0.3) is 0 Å². The van der Waals surface area contributed by atoms with Gasteiger partial charge in [0.2, 0.25) is 0 Å². The van der Waals surface area contributed by atoms with Crippen molar-refractivity contribution < 1.29 is 21.1 Å². The molecule has 7 aromatic carbocycles. The topological polar surface area (TPSA) is 38.4 Å². The van der Waals surface area contributed by atoms with E-state index in [2.05, 4.69) is 197 Å². The van der Waals surface area contributed by atoms with Gasteiger partial charge in [-0.05, 0) is 123 Å². The number of nitrogens with zero attached hydrogens (tertiary/aromatic N) is 5. The van der Waals surface area contributed by atoms with Crippen LogP contribution in [0.3, 0.4) is 0 Å². The second-order valence-electron chi connectivity index (χ2n) is 18.3. The van der Waals surface area contributed by atoms with Crippen molar-refractivity contribution in [1.82, 2.24) is 14.1 Å². The number of rotatable bonds is 4. The average Bonchev–Trinajstić information content (AvgIpc) is 3.91. The number of pyridine rings is 1. The van der Waals surface area contributed by atoms with Crippen molar-refractivity contribution in [3.8, 4) is 22.5 Å². The number of benzene rings is 7. The maximum atomic E-state index is 5.83. The average molecular weight is 1010 g/mol. The van der Waals surface area contributed by atoms with E-state index in [0.29, 0.717) is 0 Å². The summed E-state index contributed by atoms with van der Waals surface area (Å²) in [4.78, 5) is 13.3. The maximum Gasteiger partial charge on any atom is 2.00 e. The predicted octanol–water partition coefficient (Wildman–Crippen LogP) is 14.1. The van der Waals surface area contributed by atoms with Gasteiger partial charge in [0.15, 0.2) is 0 Å². The Hall–Kier alpha value is -6.55. The van der Waals surface area contributed by atoms with E-state index in [1.54, 1.807) is 0 Å². The van der Waals surface area contributed by atoms with E-state index >= 15 is 0 Å². The summed E-state index contributed by atoms with van der Waals surface area (Å²) in [5.41, 5.74) is 23.3. The van der Waals surface area contributed by atoms with E-state index in [0.717, 1.165) is 61.3 Å². The van der Waals surface area contributed by atoms with Gasteiger partial charge in [-0.15, -0.1) is 46.8 Å². The summed E-state index contributed by atoms with van der Waals surface area (Å²) in [7, 11) is 0. The molecule has 64 heavy (non-hydrogen) atoms. The number of hydrogen-bond acceptors (Lipinski definition) is 3. The number of aromatic nitrogens is 3. The zero-order chi connectivity index (χ0) is 43.0. The second-order valence-corrected chi connectivity index (χ2v) is 18.3. The summed E-state index contributed by atoms with van der Waals surface area (Å²) < 4.78 is 4.63. The van der Waals surface area contributed by atoms with Gasteiger partial charge in [0.05, 0.1) is 23.4 Å². The molecule has 0 N–H and O–H groups in total. The smallest absolute Gasteiger partial charge is 0.356 e. The molecule has 0 fully saturated rings. The molecule has 10 aromatic rings. The third-order valence-electron chi connectivity index (χ3n) is 13.5. The van der Waals surface area contributed by atoms with Crippen molar-refractivity contribution in [3.05, 3.63) is 201 Å². The summed E-state index contributed by atoms with van der Waals surface area (Å²) in [6.45, 7) is 17.6. The van der Waals surface area contributed by atoms with Crippen molar-refractivity contribution in [2.75, 3.05) is 4.90 Å². The third-order valence-corrected chi connectivity index (χ3v) is 13.5. The summed E-state index contributed by atoms with van der Waals surface area (Å²) in [6, 6.07) is 53.0. The molecule has 5 nitrogen and oxygen atoms in total. The zero-order valence-corrected chi connectivity index (χ0v) is 39.6. The molecule has 0 unspecified atom stereocenters. The van der Waals surface area contributed by atoms with Crippen LogP contribution in [0, 0.1) is 67.5 Å². The molecule has 12 rings (SSSR count). The van der Waals surface area contributed by atoms with Crippen LogP contribution >= 0.6 is 0 Å². The van der Waals surface area contributed by atoms with Crippen LogP contribution in [-0.2, 0) is 21.1 Å². The van der Waals surface area contributed by atoms with Crippen molar-refractivity contribution in [2.45, 2.75) is 67.5 Å². The molecule has 6 heteroatoms. The van der Waals surface area contributed by atoms with E-state index in [9.17, 15) is 0 Å². The molecule has 0 saturated carbocycles. The Kier molecular flexibility index (Phi) is 9.28. The first-order valence-electron chi connectivity index (χ1n) is 22.0. The minimum atomic E-state index is -0.0982.